The molecular formula is C16H13Cl2N5O2. The fraction of sp³-hybridized carbons (Fsp3) is 0.125. The molecule has 128 valence electrons. The molecule has 9 heteroatoms. The normalized spacial score (nSPS) is 10.5. The van der Waals surface area contributed by atoms with Crippen molar-refractivity contribution in [3.8, 4) is 11.4 Å². The lowest BCUT2D eigenvalue weighted by molar-refractivity contribution is -0.118. The molecule has 0 fully saturated rings. The molecule has 0 aliphatic carbocycles. The predicted molar refractivity (Wildman–Crippen MR) is 94.5 cm³/mol. The minimum Gasteiger partial charge on any atom is -0.482 e. The summed E-state index contributed by atoms with van der Waals surface area (Å²) in [6.45, 7) is 1.60. The van der Waals surface area contributed by atoms with E-state index < -0.39 is 0 Å². The smallest absolute Gasteiger partial charge is 0.262 e. The number of hydrogen-bond donors (Lipinski definition) is 1. The van der Waals surface area contributed by atoms with Gasteiger partial charge >= 0.3 is 0 Å². The van der Waals surface area contributed by atoms with Gasteiger partial charge in [0.1, 0.15) is 5.75 Å². The second kappa shape index (κ2) is 7.50. The molecule has 1 amide bonds. The molecule has 1 N–H and O–H groups in total. The molecule has 2 aromatic carbocycles. The van der Waals surface area contributed by atoms with Gasteiger partial charge < -0.3 is 10.1 Å². The van der Waals surface area contributed by atoms with Crippen LogP contribution >= 0.6 is 23.2 Å². The SMILES string of the molecule is Cc1nnnn1-c1cccc(NC(=O)COc2ccc(Cl)cc2Cl)c1. The number of aromatic nitrogens is 4. The first kappa shape index (κ1) is 17.2. The van der Waals surface area contributed by atoms with E-state index in [0.29, 0.717) is 27.3 Å². The lowest BCUT2D eigenvalue weighted by Crippen LogP contribution is -2.20. The van der Waals surface area contributed by atoms with Gasteiger partial charge in [-0.15, -0.1) is 5.10 Å². The van der Waals surface area contributed by atoms with Gasteiger partial charge in [-0.25, -0.2) is 0 Å². The number of amides is 1. The number of nitrogens with one attached hydrogen (secondary N) is 1. The quantitative estimate of drug-likeness (QED) is 0.737. The van der Waals surface area contributed by atoms with Crippen LogP contribution in [0.2, 0.25) is 10.0 Å². The van der Waals surface area contributed by atoms with Crippen LogP contribution in [0.4, 0.5) is 5.69 Å². The van der Waals surface area contributed by atoms with Crippen LogP contribution < -0.4 is 10.1 Å². The fourth-order valence-electron chi connectivity index (χ4n) is 2.12. The molecule has 0 spiro atoms. The molecule has 0 bridgehead atoms. The second-order valence-electron chi connectivity index (χ2n) is 5.10. The van der Waals surface area contributed by atoms with Crippen molar-refractivity contribution in [2.24, 2.45) is 0 Å². The number of anilines is 1. The number of halogens is 2. The van der Waals surface area contributed by atoms with Crippen LogP contribution in [0.1, 0.15) is 5.82 Å². The third-order valence-electron chi connectivity index (χ3n) is 3.25. The van der Waals surface area contributed by atoms with Gasteiger partial charge in [0, 0.05) is 10.7 Å². The maximum Gasteiger partial charge on any atom is 0.262 e. The zero-order valence-corrected chi connectivity index (χ0v) is 14.6. The lowest BCUT2D eigenvalue weighted by atomic mass is 10.2. The molecule has 0 atom stereocenters. The maximum absolute atomic E-state index is 12.1. The average Bonchev–Trinajstić information content (AvgIpc) is 3.00. The van der Waals surface area contributed by atoms with Gasteiger partial charge in [-0.1, -0.05) is 29.3 Å². The highest BCUT2D eigenvalue weighted by Gasteiger charge is 2.09. The third-order valence-corrected chi connectivity index (χ3v) is 3.78. The lowest BCUT2D eigenvalue weighted by Gasteiger charge is -2.10. The monoisotopic (exact) mass is 377 g/mol. The Morgan fingerprint density at radius 2 is 2.08 bits per heavy atom. The summed E-state index contributed by atoms with van der Waals surface area (Å²) >= 11 is 11.8. The Morgan fingerprint density at radius 1 is 1.24 bits per heavy atom. The van der Waals surface area contributed by atoms with E-state index in [2.05, 4.69) is 20.8 Å². The van der Waals surface area contributed by atoms with Gasteiger partial charge in [0.05, 0.1) is 10.7 Å². The topological polar surface area (TPSA) is 81.9 Å². The molecule has 0 radical (unpaired) electrons. The van der Waals surface area contributed by atoms with Crippen molar-refractivity contribution in [3.05, 3.63) is 58.3 Å². The third kappa shape index (κ3) is 4.26. The number of hydrogen-bond acceptors (Lipinski definition) is 5. The first-order chi connectivity index (χ1) is 12.0. The van der Waals surface area contributed by atoms with Crippen molar-refractivity contribution >= 4 is 34.8 Å². The molecule has 0 aliphatic heterocycles. The molecule has 7 nitrogen and oxygen atoms in total. The van der Waals surface area contributed by atoms with Crippen LogP contribution in [0.25, 0.3) is 5.69 Å². The van der Waals surface area contributed by atoms with Crippen molar-refractivity contribution < 1.29 is 9.53 Å². The van der Waals surface area contributed by atoms with E-state index in [-0.39, 0.29) is 12.5 Å². The van der Waals surface area contributed by atoms with Gasteiger partial charge in [0.2, 0.25) is 0 Å². The Balaban J connectivity index is 1.64. The molecule has 1 aromatic heterocycles. The molecular weight excluding hydrogens is 365 g/mol. The highest BCUT2D eigenvalue weighted by atomic mass is 35.5. The van der Waals surface area contributed by atoms with Crippen molar-refractivity contribution in [2.75, 3.05) is 11.9 Å². The van der Waals surface area contributed by atoms with Crippen LogP contribution in [-0.2, 0) is 4.79 Å². The summed E-state index contributed by atoms with van der Waals surface area (Å²) in [6, 6.07) is 11.9. The summed E-state index contributed by atoms with van der Waals surface area (Å²) < 4.78 is 6.98. The van der Waals surface area contributed by atoms with Gasteiger partial charge in [-0.3, -0.25) is 4.79 Å². The molecule has 1 heterocycles. The number of carbonyl (C=O) groups excluding carboxylic acids is 1. The Morgan fingerprint density at radius 3 is 2.80 bits per heavy atom. The number of nitrogens with zero attached hydrogens (tertiary/aromatic N) is 4. The molecule has 0 unspecified atom stereocenters. The molecule has 3 rings (SSSR count). The van der Waals surface area contributed by atoms with Crippen molar-refractivity contribution in [2.45, 2.75) is 6.92 Å². The van der Waals surface area contributed by atoms with E-state index >= 15 is 0 Å². The van der Waals surface area contributed by atoms with Gasteiger partial charge in [-0.2, -0.15) is 4.68 Å². The van der Waals surface area contributed by atoms with Gasteiger partial charge in [-0.05, 0) is 53.7 Å². The first-order valence-corrected chi connectivity index (χ1v) is 8.01. The van der Waals surface area contributed by atoms with Crippen LogP contribution in [0.5, 0.6) is 5.75 Å². The molecule has 25 heavy (non-hydrogen) atoms. The van der Waals surface area contributed by atoms with Crippen LogP contribution in [0, 0.1) is 6.92 Å². The predicted octanol–water partition coefficient (Wildman–Crippen LogP) is 3.30. The summed E-state index contributed by atoms with van der Waals surface area (Å²) in [5.41, 5.74) is 1.34. The fourth-order valence-corrected chi connectivity index (χ4v) is 2.58. The number of tetrazole rings is 1. The molecule has 0 saturated heterocycles. The molecule has 0 saturated carbocycles. The van der Waals surface area contributed by atoms with E-state index in [9.17, 15) is 4.79 Å². The Labute approximate surface area is 153 Å². The summed E-state index contributed by atoms with van der Waals surface area (Å²) in [6.07, 6.45) is 0. The van der Waals surface area contributed by atoms with Crippen LogP contribution in [0.3, 0.4) is 0 Å². The zero-order chi connectivity index (χ0) is 17.8. The van der Waals surface area contributed by atoms with E-state index in [1.165, 1.54) is 0 Å². The van der Waals surface area contributed by atoms with Crippen molar-refractivity contribution in [1.29, 1.82) is 0 Å². The van der Waals surface area contributed by atoms with Crippen molar-refractivity contribution in [1.82, 2.24) is 20.2 Å². The Kier molecular flexibility index (Phi) is 5.16. The Hall–Kier alpha value is -2.64. The van der Waals surface area contributed by atoms with Gasteiger partial charge in [0.15, 0.2) is 12.4 Å². The Bertz CT molecular complexity index is 913. The largest absolute Gasteiger partial charge is 0.482 e. The zero-order valence-electron chi connectivity index (χ0n) is 13.1. The van der Waals surface area contributed by atoms with E-state index in [1.807, 2.05) is 6.07 Å². The number of benzene rings is 2. The minimum atomic E-state index is -0.323. The van der Waals surface area contributed by atoms with Gasteiger partial charge in [0.25, 0.3) is 5.91 Å². The maximum atomic E-state index is 12.1. The number of ether oxygens (including phenoxy) is 1. The first-order valence-electron chi connectivity index (χ1n) is 7.26. The molecule has 0 aliphatic rings. The highest BCUT2D eigenvalue weighted by Crippen LogP contribution is 2.27. The molecule has 3 aromatic rings. The number of carbonyl (C=O) groups is 1. The van der Waals surface area contributed by atoms with Crippen LogP contribution in [0.15, 0.2) is 42.5 Å². The van der Waals surface area contributed by atoms with E-state index in [1.54, 1.807) is 48.0 Å². The summed E-state index contributed by atoms with van der Waals surface area (Å²) in [5.74, 6) is 0.708. The standard InChI is InChI=1S/C16H13Cl2N5O2/c1-10-20-21-22-23(10)13-4-2-3-12(8-13)19-16(24)9-25-15-6-5-11(17)7-14(15)18/h2-8H,9H2,1H3,(H,19,24). The summed E-state index contributed by atoms with van der Waals surface area (Å²) in [7, 11) is 0. The summed E-state index contributed by atoms with van der Waals surface area (Å²) in [4.78, 5) is 12.1. The summed E-state index contributed by atoms with van der Waals surface area (Å²) in [5, 5.41) is 14.9. The number of aryl methyl sites for hydroxylation is 1. The van der Waals surface area contributed by atoms with Crippen LogP contribution in [-0.4, -0.2) is 32.7 Å². The second-order valence-corrected chi connectivity index (χ2v) is 5.94. The average molecular weight is 378 g/mol. The number of rotatable bonds is 5. The van der Waals surface area contributed by atoms with Crippen molar-refractivity contribution in [3.63, 3.8) is 0 Å². The minimum absolute atomic E-state index is 0.185. The highest BCUT2D eigenvalue weighted by molar-refractivity contribution is 6.35. The van der Waals surface area contributed by atoms with E-state index in [4.69, 9.17) is 27.9 Å². The van der Waals surface area contributed by atoms with E-state index in [0.717, 1.165) is 5.69 Å².